The first-order valence-corrected chi connectivity index (χ1v) is 38.7. The first kappa shape index (κ1) is 84.3. The van der Waals surface area contributed by atoms with Gasteiger partial charge in [-0.3, -0.25) is 9.98 Å². The highest BCUT2D eigenvalue weighted by molar-refractivity contribution is 6.26. The molecule has 0 aliphatic heterocycles. The molecule has 0 fully saturated rings. The zero-order valence-corrected chi connectivity index (χ0v) is 64.4. The summed E-state index contributed by atoms with van der Waals surface area (Å²) in [5, 5.41) is 0. The fourth-order valence-corrected chi connectivity index (χ4v) is 12.3. The molecule has 0 atom stereocenters. The van der Waals surface area contributed by atoms with Gasteiger partial charge in [-0.15, -0.1) is 0 Å². The standard InChI is InChI=1S/C94H94N2O19/c1-5-86(97)108-57-23-13-9-19-53-104-70-35-27-66(28-36-70)65-112-74-43-47-78-79-48-44-75(113-92(101)67-29-37-71(38-30-67)105-54-20-10-14-24-58-109-87(98)6-2)62-83(79)90(82(78)61-74)95-51-17-18-52-96-91-84-63-76(114-93(102)68-31-39-72(40-32-68)106-55-21-11-15-25-59-110-88(99)7-3)45-49-80(84)81-50-46-77(64-85(81)91)115-94(103)69-33-41-73(42-34-69)107-56-22-12-16-26-60-111-89(100)8-4/h5-8,17-18,27-52,61-64H,1-4,9-16,19-26,53-60,65H2/b51-17+,52-18+,95-90?. The molecule has 2 aliphatic carbocycles. The Labute approximate surface area is 670 Å². The fraction of sp³-hybridized carbons (Fsp3) is 0.266. The van der Waals surface area contributed by atoms with Gasteiger partial charge in [-0.25, -0.2) is 33.6 Å². The van der Waals surface area contributed by atoms with E-state index >= 15 is 0 Å². The minimum absolute atomic E-state index is 0.264. The second-order valence-electron chi connectivity index (χ2n) is 26.7. The van der Waals surface area contributed by atoms with E-state index < -0.39 is 41.8 Å². The van der Waals surface area contributed by atoms with E-state index in [1.807, 2.05) is 60.7 Å². The van der Waals surface area contributed by atoms with Crippen LogP contribution in [0, 0.1) is 0 Å². The molecule has 0 radical (unpaired) electrons. The number of fused-ring (bicyclic) bond motifs is 6. The fourth-order valence-electron chi connectivity index (χ4n) is 12.3. The van der Waals surface area contributed by atoms with Crippen molar-refractivity contribution < 1.29 is 90.4 Å². The second kappa shape index (κ2) is 45.4. The molecule has 10 rings (SSSR count). The molecule has 0 unspecified atom stereocenters. The Kier molecular flexibility index (Phi) is 33.2. The number of ether oxygens (including phenoxy) is 12. The summed E-state index contributed by atoms with van der Waals surface area (Å²) in [7, 11) is 0. The Morgan fingerprint density at radius 2 is 0.504 bits per heavy atom. The number of hydrogen-bond donors (Lipinski definition) is 0. The lowest BCUT2D eigenvalue weighted by atomic mass is 10.1. The number of hydrogen-bond acceptors (Lipinski definition) is 21. The van der Waals surface area contributed by atoms with Crippen molar-refractivity contribution in [3.05, 3.63) is 290 Å². The average molecular weight is 1560 g/mol. The lowest BCUT2D eigenvalue weighted by Crippen LogP contribution is -2.09. The van der Waals surface area contributed by atoms with Crippen LogP contribution >= 0.6 is 0 Å². The van der Waals surface area contributed by atoms with Gasteiger partial charge >= 0.3 is 41.8 Å². The highest BCUT2D eigenvalue weighted by atomic mass is 16.6. The van der Waals surface area contributed by atoms with Crippen molar-refractivity contribution in [2.24, 2.45) is 9.98 Å². The molecule has 115 heavy (non-hydrogen) atoms. The summed E-state index contributed by atoms with van der Waals surface area (Å²) in [4.78, 5) is 96.7. The molecule has 8 aromatic carbocycles. The number of allylic oxidation sites excluding steroid dienone is 2. The third-order valence-electron chi connectivity index (χ3n) is 18.4. The molecule has 594 valence electrons. The Morgan fingerprint density at radius 1 is 0.261 bits per heavy atom. The number of unbranched alkanes of at least 4 members (excludes halogenated alkanes) is 12. The molecular weight excluding hydrogens is 1460 g/mol. The Hall–Kier alpha value is -13.2. The minimum atomic E-state index is -0.587. The molecule has 21 nitrogen and oxygen atoms in total. The normalized spacial score (nSPS) is 11.8. The predicted octanol–water partition coefficient (Wildman–Crippen LogP) is 19.0. The summed E-state index contributed by atoms with van der Waals surface area (Å²) >= 11 is 0. The van der Waals surface area contributed by atoms with Crippen LogP contribution in [0.5, 0.6) is 46.0 Å². The zero-order valence-electron chi connectivity index (χ0n) is 64.4. The molecule has 0 heterocycles. The summed E-state index contributed by atoms with van der Waals surface area (Å²) < 4.78 is 68.5. The monoisotopic (exact) mass is 1550 g/mol. The van der Waals surface area contributed by atoms with Gasteiger partial charge in [0.1, 0.15) is 52.6 Å². The number of rotatable bonds is 48. The molecule has 0 saturated carbocycles. The average Bonchev–Trinajstić information content (AvgIpc) is 1.61. The summed E-state index contributed by atoms with van der Waals surface area (Å²) in [6.07, 6.45) is 24.8. The molecule has 0 spiro atoms. The van der Waals surface area contributed by atoms with E-state index in [0.29, 0.717) is 126 Å². The third kappa shape index (κ3) is 26.5. The van der Waals surface area contributed by atoms with E-state index in [4.69, 9.17) is 66.8 Å². The van der Waals surface area contributed by atoms with Crippen molar-refractivity contribution in [1.82, 2.24) is 0 Å². The molecule has 0 bridgehead atoms. The molecular formula is C94H94N2O19. The third-order valence-corrected chi connectivity index (χ3v) is 18.4. The van der Waals surface area contributed by atoms with Gasteiger partial charge in [-0.2, -0.15) is 0 Å². The summed E-state index contributed by atoms with van der Waals surface area (Å²) in [6, 6.07) is 49.9. The topological polar surface area (TPSA) is 255 Å². The molecule has 8 aromatic rings. The Balaban J connectivity index is 0.849. The SMILES string of the molecule is C=CC(=O)OCCCCCCOc1ccc(COc2ccc3c(c2)C(=N/C=C/C=C/N=C2c4cc(OC(=O)c5ccc(OCCCCCCOC(=O)C=C)cc5)ccc4-c4ccc(OC(=O)c5ccc(OCCCCCCOC(=O)C=C)cc5)cc42)c2cc(OC(=O)c4ccc(OCCCCCCOC(=O)C=C)cc4)ccc2-3)cc1. The Bertz CT molecular complexity index is 4680. The van der Waals surface area contributed by atoms with Gasteiger partial charge in [0.25, 0.3) is 0 Å². The number of nitrogens with zero attached hydrogens (tertiary/aromatic N) is 2. The van der Waals surface area contributed by atoms with E-state index in [1.54, 1.807) is 134 Å². The van der Waals surface area contributed by atoms with Crippen LogP contribution in [-0.4, -0.2) is 106 Å². The maximum atomic E-state index is 13.8. The molecule has 21 heteroatoms. The van der Waals surface area contributed by atoms with Crippen LogP contribution in [0.25, 0.3) is 22.3 Å². The quantitative estimate of drug-likeness (QED) is 0.00857. The van der Waals surface area contributed by atoms with E-state index in [0.717, 1.165) is 166 Å². The zero-order chi connectivity index (χ0) is 80.8. The van der Waals surface area contributed by atoms with Gasteiger partial charge in [0, 0.05) is 59.0 Å². The second-order valence-corrected chi connectivity index (χ2v) is 26.7. The minimum Gasteiger partial charge on any atom is -0.494 e. The maximum absolute atomic E-state index is 13.8. The van der Waals surface area contributed by atoms with E-state index in [1.165, 1.54) is 0 Å². The van der Waals surface area contributed by atoms with Crippen LogP contribution < -0.4 is 37.9 Å². The number of esters is 7. The number of carbonyl (C=O) groups is 7. The summed E-state index contributed by atoms with van der Waals surface area (Å²) in [5.41, 5.74) is 9.11. The van der Waals surface area contributed by atoms with E-state index in [2.05, 4.69) is 26.3 Å². The van der Waals surface area contributed by atoms with Gasteiger partial charge in [0.05, 0.1) is 81.0 Å². The largest absolute Gasteiger partial charge is 0.494 e. The smallest absolute Gasteiger partial charge is 0.343 e. The van der Waals surface area contributed by atoms with Gasteiger partial charge in [-0.05, 0) is 300 Å². The first-order chi connectivity index (χ1) is 56.2. The van der Waals surface area contributed by atoms with Gasteiger partial charge in [0.15, 0.2) is 0 Å². The number of benzene rings is 8. The van der Waals surface area contributed by atoms with Crippen LogP contribution in [-0.2, 0) is 44.7 Å². The lowest BCUT2D eigenvalue weighted by Gasteiger charge is -2.10. The van der Waals surface area contributed by atoms with E-state index in [9.17, 15) is 33.6 Å². The van der Waals surface area contributed by atoms with Crippen LogP contribution in [0.15, 0.2) is 255 Å². The van der Waals surface area contributed by atoms with Crippen molar-refractivity contribution in [2.45, 2.75) is 109 Å². The van der Waals surface area contributed by atoms with Crippen LogP contribution in [0.4, 0.5) is 0 Å². The molecule has 0 aromatic heterocycles. The highest BCUT2D eigenvalue weighted by Crippen LogP contribution is 2.43. The molecule has 0 saturated heterocycles. The summed E-state index contributed by atoms with van der Waals surface area (Å²) in [6.45, 7) is 17.3. The maximum Gasteiger partial charge on any atom is 0.343 e. The van der Waals surface area contributed by atoms with Crippen molar-refractivity contribution >= 4 is 53.2 Å². The predicted molar refractivity (Wildman–Crippen MR) is 439 cm³/mol. The van der Waals surface area contributed by atoms with Gasteiger partial charge in [-0.1, -0.05) is 38.4 Å². The van der Waals surface area contributed by atoms with Crippen molar-refractivity contribution in [3.8, 4) is 68.2 Å². The lowest BCUT2D eigenvalue weighted by molar-refractivity contribution is -0.138. The Morgan fingerprint density at radius 3 is 0.783 bits per heavy atom. The number of carbonyl (C=O) groups excluding carboxylic acids is 7. The molecule has 2 aliphatic rings. The van der Waals surface area contributed by atoms with Gasteiger partial charge in [0.2, 0.25) is 0 Å². The first-order valence-electron chi connectivity index (χ1n) is 38.7. The van der Waals surface area contributed by atoms with Crippen LogP contribution in [0.2, 0.25) is 0 Å². The number of aliphatic imine (C=N–C) groups is 2. The van der Waals surface area contributed by atoms with Crippen molar-refractivity contribution in [2.75, 3.05) is 52.9 Å². The van der Waals surface area contributed by atoms with Crippen LogP contribution in [0.3, 0.4) is 0 Å². The molecule has 0 N–H and O–H groups in total. The van der Waals surface area contributed by atoms with Crippen molar-refractivity contribution in [1.29, 1.82) is 0 Å². The van der Waals surface area contributed by atoms with Crippen LogP contribution in [0.1, 0.15) is 162 Å². The van der Waals surface area contributed by atoms with Crippen molar-refractivity contribution in [3.63, 3.8) is 0 Å². The van der Waals surface area contributed by atoms with Gasteiger partial charge < -0.3 is 56.8 Å². The highest BCUT2D eigenvalue weighted by Gasteiger charge is 2.29. The van der Waals surface area contributed by atoms with E-state index in [-0.39, 0.29) is 18.1 Å². The molecule has 0 amide bonds. The summed E-state index contributed by atoms with van der Waals surface area (Å²) in [5.74, 6) is 0.525.